The van der Waals surface area contributed by atoms with Gasteiger partial charge in [-0.3, -0.25) is 20.8 Å². The second-order valence-electron chi connectivity index (χ2n) is 6.68. The molecule has 17 heteroatoms. The second-order valence-corrected chi connectivity index (χ2v) is 7.67. The lowest BCUT2D eigenvalue weighted by atomic mass is 10.2. The number of carbonyl (C=O) groups is 2. The Morgan fingerprint density at radius 2 is 1.82 bits per heavy atom. The third-order valence-corrected chi connectivity index (χ3v) is 4.79. The molecule has 0 spiro atoms. The quantitative estimate of drug-likeness (QED) is 0.111. The van der Waals surface area contributed by atoms with E-state index in [2.05, 4.69) is 19.4 Å². The van der Waals surface area contributed by atoms with Crippen LogP contribution in [0.4, 0.5) is 4.79 Å². The number of aryl methyl sites for hydroxylation is 1. The van der Waals surface area contributed by atoms with Gasteiger partial charge in [0.1, 0.15) is 18.8 Å². The molecule has 196 valence electrons. The van der Waals surface area contributed by atoms with E-state index in [1.165, 1.54) is 18.7 Å². The fourth-order valence-electron chi connectivity index (χ4n) is 2.50. The van der Waals surface area contributed by atoms with Gasteiger partial charge in [0.25, 0.3) is 0 Å². The fraction of sp³-hybridized carbons (Fsp3) is 0.706. The molecule has 0 aliphatic carbocycles. The Hall–Kier alpha value is -2.22. The van der Waals surface area contributed by atoms with E-state index in [-0.39, 0.29) is 37.6 Å². The predicted octanol–water partition coefficient (Wildman–Crippen LogP) is 0.995. The van der Waals surface area contributed by atoms with E-state index in [4.69, 9.17) is 34.7 Å². The van der Waals surface area contributed by atoms with E-state index in [1.54, 1.807) is 0 Å². The number of nitrogens with one attached hydrogen (secondary N) is 1. The third kappa shape index (κ3) is 12.9. The first-order valence-electron chi connectivity index (χ1n) is 9.96. The number of alkyl carbamates (subject to hydrolysis) is 1. The zero-order valence-electron chi connectivity index (χ0n) is 18.6. The minimum atomic E-state index is -0.992. The molecule has 1 rings (SSSR count). The van der Waals surface area contributed by atoms with Crippen molar-refractivity contribution in [1.29, 1.82) is 0 Å². The molecule has 2 unspecified atom stereocenters. The zero-order valence-corrected chi connectivity index (χ0v) is 19.4. The van der Waals surface area contributed by atoms with Gasteiger partial charge in [0.2, 0.25) is 0 Å². The first-order chi connectivity index (χ1) is 16.1. The van der Waals surface area contributed by atoms with Crippen molar-refractivity contribution in [2.24, 2.45) is 0 Å². The summed E-state index contributed by atoms with van der Waals surface area (Å²) < 4.78 is 19.6. The molecule has 0 aliphatic rings. The highest BCUT2D eigenvalue weighted by Gasteiger charge is 2.24. The summed E-state index contributed by atoms with van der Waals surface area (Å²) in [5, 5.41) is 35.8. The van der Waals surface area contributed by atoms with Crippen LogP contribution < -0.4 is 11.1 Å². The molecule has 0 bridgehead atoms. The Kier molecular flexibility index (Phi) is 14.4. The van der Waals surface area contributed by atoms with E-state index in [9.17, 15) is 14.4 Å². The van der Waals surface area contributed by atoms with Gasteiger partial charge in [-0.05, 0) is 44.6 Å². The molecule has 1 heterocycles. The minimum Gasteiger partial charge on any atom is -0.456 e. The molecule has 0 aromatic carbocycles. The lowest BCUT2D eigenvalue weighted by molar-refractivity contribution is -0.527. The van der Waals surface area contributed by atoms with Gasteiger partial charge in [-0.1, -0.05) is 0 Å². The molecule has 34 heavy (non-hydrogen) atoms. The lowest BCUT2D eigenvalue weighted by Crippen LogP contribution is -2.42. The van der Waals surface area contributed by atoms with Crippen LogP contribution in [0.5, 0.6) is 0 Å². The van der Waals surface area contributed by atoms with Crippen molar-refractivity contribution in [3.05, 3.63) is 22.1 Å². The van der Waals surface area contributed by atoms with Crippen molar-refractivity contribution in [2.75, 3.05) is 25.2 Å². The Balaban J connectivity index is 2.41. The Bertz CT molecular complexity index is 785. The second kappa shape index (κ2) is 16.4. The van der Waals surface area contributed by atoms with Crippen LogP contribution in [0, 0.1) is 6.92 Å². The van der Waals surface area contributed by atoms with Gasteiger partial charge >= 0.3 is 17.9 Å². The largest absolute Gasteiger partial charge is 0.519 e. The zero-order chi connectivity index (χ0) is 25.5. The maximum absolute atomic E-state index is 12.4. The number of amides is 1. The predicted molar refractivity (Wildman–Crippen MR) is 109 cm³/mol. The molecule has 5 N–H and O–H groups in total. The van der Waals surface area contributed by atoms with Crippen LogP contribution in [-0.4, -0.2) is 81.0 Å². The van der Waals surface area contributed by atoms with Gasteiger partial charge in [0, 0.05) is 0 Å². The summed E-state index contributed by atoms with van der Waals surface area (Å²) in [7, 11) is 0. The van der Waals surface area contributed by atoms with Crippen molar-refractivity contribution in [1.82, 2.24) is 16.1 Å². The van der Waals surface area contributed by atoms with Crippen LogP contribution in [0.2, 0.25) is 0 Å². The molecule has 1 aromatic rings. The summed E-state index contributed by atoms with van der Waals surface area (Å²) in [6, 6.07) is -0.992. The topological polar surface area (TPSA) is 214 Å². The van der Waals surface area contributed by atoms with Gasteiger partial charge in [0.05, 0.1) is 17.4 Å². The SMILES string of the molecule is CSCCC(NC(=O)OCCCCC(CON(O)O)ON(O)O)C(=O)OCc1oc(=O)oc1C. The number of thioether (sulfide) groups is 1. The molecule has 0 radical (unpaired) electrons. The molecule has 2 atom stereocenters. The molecule has 0 fully saturated rings. The molecular formula is C17H29N3O13S. The molecule has 0 saturated heterocycles. The van der Waals surface area contributed by atoms with Gasteiger partial charge in [-0.15, -0.1) is 0 Å². The first-order valence-corrected chi connectivity index (χ1v) is 11.4. The van der Waals surface area contributed by atoms with Crippen LogP contribution >= 0.6 is 11.8 Å². The minimum absolute atomic E-state index is 0.0306. The molecule has 0 saturated carbocycles. The standard InChI is InChI=1S/C17H29N3O13S/c1-11-14(32-17(23)31-11)10-29-15(21)13(6-8-34-2)18-16(22)28-7-4-3-5-12(33-20(26)27)9-30-19(24)25/h12-13,24-27H,3-10H2,1-2H3,(H,18,22). The molecule has 1 aromatic heterocycles. The molecule has 16 nitrogen and oxygen atoms in total. The Morgan fingerprint density at radius 3 is 2.41 bits per heavy atom. The monoisotopic (exact) mass is 515 g/mol. The summed E-state index contributed by atoms with van der Waals surface area (Å²) in [6.07, 6.45) is 1.20. The lowest BCUT2D eigenvalue weighted by Gasteiger charge is -2.19. The number of hydrogen-bond acceptors (Lipinski definition) is 16. The highest BCUT2D eigenvalue weighted by atomic mass is 32.2. The van der Waals surface area contributed by atoms with E-state index >= 15 is 0 Å². The number of ether oxygens (including phenoxy) is 2. The van der Waals surface area contributed by atoms with Gasteiger partial charge in [-0.2, -0.15) is 11.8 Å². The average molecular weight is 515 g/mol. The normalized spacial score (nSPS) is 13.2. The van der Waals surface area contributed by atoms with E-state index in [0.29, 0.717) is 18.6 Å². The summed E-state index contributed by atoms with van der Waals surface area (Å²) in [6.45, 7) is 0.706. The third-order valence-electron chi connectivity index (χ3n) is 4.14. The molecule has 0 aliphatic heterocycles. The van der Waals surface area contributed by atoms with Crippen LogP contribution in [0.3, 0.4) is 0 Å². The van der Waals surface area contributed by atoms with Crippen LogP contribution in [0.25, 0.3) is 0 Å². The maximum Gasteiger partial charge on any atom is 0.519 e. The summed E-state index contributed by atoms with van der Waals surface area (Å²) in [5.41, 5.74) is 0. The van der Waals surface area contributed by atoms with E-state index in [0.717, 1.165) is 0 Å². The number of nitrogens with zero attached hydrogens (tertiary/aromatic N) is 2. The fourth-order valence-corrected chi connectivity index (χ4v) is 2.97. The highest BCUT2D eigenvalue weighted by Crippen LogP contribution is 2.10. The van der Waals surface area contributed by atoms with Gasteiger partial charge in [0.15, 0.2) is 18.1 Å². The Labute approximate surface area is 197 Å². The number of rotatable bonds is 17. The number of hydrogen-bond donors (Lipinski definition) is 5. The van der Waals surface area contributed by atoms with Crippen LogP contribution in [0.1, 0.15) is 37.2 Å². The summed E-state index contributed by atoms with van der Waals surface area (Å²) in [4.78, 5) is 44.4. The molecule has 1 amide bonds. The van der Waals surface area contributed by atoms with Gasteiger partial charge < -0.3 is 23.6 Å². The summed E-state index contributed by atoms with van der Waals surface area (Å²) in [5.74, 6) is -0.860. The number of unbranched alkanes of at least 4 members (excludes halogenated alkanes) is 1. The van der Waals surface area contributed by atoms with Crippen molar-refractivity contribution < 1.29 is 58.4 Å². The summed E-state index contributed by atoms with van der Waals surface area (Å²) >= 11 is 1.46. The molecular weight excluding hydrogens is 486 g/mol. The number of esters is 1. The highest BCUT2D eigenvalue weighted by molar-refractivity contribution is 7.98. The van der Waals surface area contributed by atoms with Crippen LogP contribution in [-0.2, 0) is 30.6 Å². The maximum atomic E-state index is 12.4. The average Bonchev–Trinajstić information content (AvgIpc) is 3.09. The van der Waals surface area contributed by atoms with Crippen molar-refractivity contribution in [3.63, 3.8) is 0 Å². The van der Waals surface area contributed by atoms with Gasteiger partial charge in [-0.25, -0.2) is 24.1 Å². The van der Waals surface area contributed by atoms with E-state index < -0.39 is 47.4 Å². The van der Waals surface area contributed by atoms with E-state index in [1.807, 2.05) is 6.26 Å². The van der Waals surface area contributed by atoms with Crippen molar-refractivity contribution in [3.8, 4) is 0 Å². The van der Waals surface area contributed by atoms with Crippen LogP contribution in [0.15, 0.2) is 13.6 Å². The first kappa shape index (κ1) is 29.8. The smallest absolute Gasteiger partial charge is 0.456 e. The van der Waals surface area contributed by atoms with Crippen molar-refractivity contribution in [2.45, 2.75) is 51.4 Å². The number of carbonyl (C=O) groups excluding carboxylic acids is 2. The van der Waals surface area contributed by atoms with Crippen molar-refractivity contribution >= 4 is 23.8 Å². The Morgan fingerprint density at radius 1 is 1.09 bits per heavy atom.